The normalized spacial score (nSPS) is 15.2. The Morgan fingerprint density at radius 1 is 1.32 bits per heavy atom. The van der Waals surface area contributed by atoms with Crippen LogP contribution in [-0.2, 0) is 6.42 Å². The van der Waals surface area contributed by atoms with E-state index >= 15 is 0 Å². The van der Waals surface area contributed by atoms with Crippen LogP contribution >= 0.6 is 0 Å². The molecule has 1 aliphatic rings. The number of aromatic nitrogens is 4. The highest BCUT2D eigenvalue weighted by Gasteiger charge is 2.29. The highest BCUT2D eigenvalue weighted by molar-refractivity contribution is 5.81. The van der Waals surface area contributed by atoms with Crippen LogP contribution in [0.3, 0.4) is 0 Å². The molecular weight excluding hydrogens is 244 g/mol. The molecule has 3 aromatic rings. The average molecular weight is 256 g/mol. The summed E-state index contributed by atoms with van der Waals surface area (Å²) in [6.07, 6.45) is 4.75. The van der Waals surface area contributed by atoms with Crippen LogP contribution in [0.5, 0.6) is 0 Å². The first kappa shape index (κ1) is 10.7. The van der Waals surface area contributed by atoms with Crippen LogP contribution in [0.25, 0.3) is 22.6 Å². The van der Waals surface area contributed by atoms with Crippen molar-refractivity contribution in [2.45, 2.75) is 32.1 Å². The monoisotopic (exact) mass is 256 g/mol. The molecule has 0 aromatic carbocycles. The quantitative estimate of drug-likeness (QED) is 0.717. The second-order valence-electron chi connectivity index (χ2n) is 4.77. The molecule has 0 amide bonds. The van der Waals surface area contributed by atoms with Gasteiger partial charge in [0.2, 0.25) is 11.8 Å². The number of aryl methyl sites for hydroxylation is 1. The summed E-state index contributed by atoms with van der Waals surface area (Å²) in [7, 11) is 0. The van der Waals surface area contributed by atoms with E-state index in [0.29, 0.717) is 23.4 Å². The Morgan fingerprint density at radius 2 is 2.21 bits per heavy atom. The molecule has 4 rings (SSSR count). The first-order valence-electron chi connectivity index (χ1n) is 6.43. The molecule has 0 N–H and O–H groups in total. The van der Waals surface area contributed by atoms with Gasteiger partial charge in [0, 0.05) is 18.5 Å². The lowest BCUT2D eigenvalue weighted by Crippen LogP contribution is -1.83. The Hall–Kier alpha value is -2.24. The average Bonchev–Trinajstić information content (AvgIpc) is 3.04. The summed E-state index contributed by atoms with van der Waals surface area (Å²) in [5.74, 6) is 1.64. The van der Waals surface area contributed by atoms with E-state index in [-0.39, 0.29) is 0 Å². The Labute approximate surface area is 108 Å². The van der Waals surface area contributed by atoms with Gasteiger partial charge in [-0.2, -0.15) is 0 Å². The van der Waals surface area contributed by atoms with E-state index < -0.39 is 0 Å². The third kappa shape index (κ3) is 1.71. The van der Waals surface area contributed by atoms with Gasteiger partial charge in [0.1, 0.15) is 0 Å². The molecule has 0 unspecified atom stereocenters. The van der Waals surface area contributed by atoms with Crippen LogP contribution in [0.4, 0.5) is 0 Å². The predicted octanol–water partition coefficient (Wildman–Crippen LogP) is 2.71. The van der Waals surface area contributed by atoms with E-state index in [1.807, 2.05) is 13.0 Å². The summed E-state index contributed by atoms with van der Waals surface area (Å²) < 4.78 is 10.8. The minimum Gasteiger partial charge on any atom is -0.421 e. The van der Waals surface area contributed by atoms with Crippen LogP contribution in [0.15, 0.2) is 21.2 Å². The minimum absolute atomic E-state index is 0.495. The Morgan fingerprint density at radius 3 is 2.95 bits per heavy atom. The summed E-state index contributed by atoms with van der Waals surface area (Å²) in [5, 5.41) is 13.1. The first-order chi connectivity index (χ1) is 9.35. The number of pyridine rings is 1. The van der Waals surface area contributed by atoms with Crippen molar-refractivity contribution >= 4 is 11.1 Å². The number of fused-ring (bicyclic) bond motifs is 1. The van der Waals surface area contributed by atoms with E-state index in [0.717, 1.165) is 23.1 Å². The molecule has 6 nitrogen and oxygen atoms in total. The van der Waals surface area contributed by atoms with Crippen molar-refractivity contribution in [3.8, 4) is 11.5 Å². The third-order valence-electron chi connectivity index (χ3n) is 3.34. The number of hydrogen-bond acceptors (Lipinski definition) is 6. The molecule has 3 heterocycles. The molecule has 19 heavy (non-hydrogen) atoms. The fraction of sp³-hybridized carbons (Fsp3) is 0.385. The fourth-order valence-corrected chi connectivity index (χ4v) is 2.13. The van der Waals surface area contributed by atoms with Gasteiger partial charge >= 0.3 is 0 Å². The molecule has 0 aliphatic heterocycles. The predicted molar refractivity (Wildman–Crippen MR) is 66.4 cm³/mol. The van der Waals surface area contributed by atoms with Crippen molar-refractivity contribution in [3.63, 3.8) is 0 Å². The molecule has 0 spiro atoms. The maximum atomic E-state index is 5.55. The Balaban J connectivity index is 1.83. The van der Waals surface area contributed by atoms with Gasteiger partial charge < -0.3 is 8.94 Å². The Kier molecular flexibility index (Phi) is 2.18. The molecule has 96 valence electrons. The van der Waals surface area contributed by atoms with E-state index in [1.54, 1.807) is 6.20 Å². The highest BCUT2D eigenvalue weighted by Crippen LogP contribution is 2.42. The van der Waals surface area contributed by atoms with E-state index in [2.05, 4.69) is 20.3 Å². The Bertz CT molecular complexity index is 742. The molecule has 3 aromatic heterocycles. The molecule has 6 heteroatoms. The van der Waals surface area contributed by atoms with Gasteiger partial charge in [-0.15, -0.1) is 10.2 Å². The van der Waals surface area contributed by atoms with Gasteiger partial charge in [0.05, 0.1) is 16.6 Å². The van der Waals surface area contributed by atoms with Crippen molar-refractivity contribution in [2.75, 3.05) is 0 Å². The van der Waals surface area contributed by atoms with E-state index in [9.17, 15) is 0 Å². The summed E-state index contributed by atoms with van der Waals surface area (Å²) >= 11 is 0. The molecule has 0 atom stereocenters. The lowest BCUT2D eigenvalue weighted by Gasteiger charge is -1.95. The van der Waals surface area contributed by atoms with E-state index in [4.69, 9.17) is 8.94 Å². The van der Waals surface area contributed by atoms with Gasteiger partial charge in [-0.05, 0) is 18.9 Å². The minimum atomic E-state index is 0.495. The molecule has 0 radical (unpaired) electrons. The molecule has 0 bridgehead atoms. The van der Waals surface area contributed by atoms with Crippen molar-refractivity contribution in [1.82, 2.24) is 20.3 Å². The largest absolute Gasteiger partial charge is 0.421 e. The number of rotatable bonds is 3. The zero-order valence-electron chi connectivity index (χ0n) is 10.5. The maximum absolute atomic E-state index is 5.55. The van der Waals surface area contributed by atoms with Crippen LogP contribution in [0, 0.1) is 0 Å². The van der Waals surface area contributed by atoms with Crippen molar-refractivity contribution in [2.24, 2.45) is 0 Å². The van der Waals surface area contributed by atoms with Gasteiger partial charge in [-0.25, -0.2) is 4.98 Å². The van der Waals surface area contributed by atoms with Crippen LogP contribution < -0.4 is 0 Å². The van der Waals surface area contributed by atoms with Crippen LogP contribution in [0.2, 0.25) is 0 Å². The van der Waals surface area contributed by atoms with Crippen LogP contribution in [0.1, 0.15) is 37.3 Å². The van der Waals surface area contributed by atoms with E-state index in [1.165, 1.54) is 12.8 Å². The second-order valence-corrected chi connectivity index (χ2v) is 4.77. The lowest BCUT2D eigenvalue weighted by atomic mass is 10.1. The fourth-order valence-electron chi connectivity index (χ4n) is 2.13. The molecule has 1 fully saturated rings. The summed E-state index contributed by atoms with van der Waals surface area (Å²) in [6.45, 7) is 1.98. The van der Waals surface area contributed by atoms with Gasteiger partial charge in [-0.3, -0.25) is 0 Å². The zero-order chi connectivity index (χ0) is 12.8. The summed E-state index contributed by atoms with van der Waals surface area (Å²) in [6, 6.07) is 1.97. The van der Waals surface area contributed by atoms with Gasteiger partial charge in [0.15, 0.2) is 0 Å². The molecular formula is C13H12N4O2. The molecule has 1 saturated carbocycles. The van der Waals surface area contributed by atoms with Crippen molar-refractivity contribution < 1.29 is 8.94 Å². The topological polar surface area (TPSA) is 77.8 Å². The standard InChI is InChI=1S/C13H12N4O2/c1-2-10-15-16-12(18-10)8-5-9-11(7-3-4-7)17-19-13(9)14-6-8/h5-7H,2-4H2,1H3. The van der Waals surface area contributed by atoms with Crippen LogP contribution in [-0.4, -0.2) is 20.3 Å². The second kappa shape index (κ2) is 3.88. The number of nitrogens with zero attached hydrogens (tertiary/aromatic N) is 4. The molecule has 0 saturated heterocycles. The first-order valence-corrected chi connectivity index (χ1v) is 6.43. The van der Waals surface area contributed by atoms with Gasteiger partial charge in [-0.1, -0.05) is 12.1 Å². The maximum Gasteiger partial charge on any atom is 0.257 e. The summed E-state index contributed by atoms with van der Waals surface area (Å²) in [4.78, 5) is 4.27. The lowest BCUT2D eigenvalue weighted by molar-refractivity contribution is 0.439. The number of hydrogen-bond donors (Lipinski definition) is 0. The third-order valence-corrected chi connectivity index (χ3v) is 3.34. The van der Waals surface area contributed by atoms with Crippen molar-refractivity contribution in [3.05, 3.63) is 23.8 Å². The van der Waals surface area contributed by atoms with Gasteiger partial charge in [0.25, 0.3) is 5.71 Å². The zero-order valence-corrected chi connectivity index (χ0v) is 10.5. The van der Waals surface area contributed by atoms with Crippen molar-refractivity contribution in [1.29, 1.82) is 0 Å². The summed E-state index contributed by atoms with van der Waals surface area (Å²) in [5.41, 5.74) is 2.38. The molecule has 1 aliphatic carbocycles. The smallest absolute Gasteiger partial charge is 0.257 e. The highest BCUT2D eigenvalue weighted by atomic mass is 16.5. The SMILES string of the molecule is CCc1nnc(-c2cnc3onc(C4CC4)c3c2)o1.